The van der Waals surface area contributed by atoms with Gasteiger partial charge in [-0.3, -0.25) is 71.9 Å². The van der Waals surface area contributed by atoms with Crippen molar-refractivity contribution in [1.29, 1.82) is 0 Å². The highest BCUT2D eigenvalue weighted by Gasteiger charge is 2.56. The number of carboxylic acids is 5. The Labute approximate surface area is 593 Å². The lowest BCUT2D eigenvalue weighted by Crippen LogP contribution is -2.49. The predicted molar refractivity (Wildman–Crippen MR) is 350 cm³/mol. The zero-order chi connectivity index (χ0) is 75.8. The summed E-state index contributed by atoms with van der Waals surface area (Å²) in [7, 11) is 0. The number of carbonyl (C=O) groups excluding carboxylic acids is 10. The van der Waals surface area contributed by atoms with Crippen LogP contribution in [0.15, 0.2) is 0 Å². The van der Waals surface area contributed by atoms with Crippen LogP contribution in [0, 0.1) is 86.3 Å². The Morgan fingerprint density at radius 2 is 0.412 bits per heavy atom. The van der Waals surface area contributed by atoms with Gasteiger partial charge in [-0.25, -0.2) is 0 Å². The van der Waals surface area contributed by atoms with Gasteiger partial charge in [0.15, 0.2) is 0 Å². The molecular weight excluding hydrogens is 1340 g/mol. The third-order valence-corrected chi connectivity index (χ3v) is 21.2. The van der Waals surface area contributed by atoms with Gasteiger partial charge in [0, 0.05) is 0 Å². The molecule has 0 aliphatic heterocycles. The van der Waals surface area contributed by atoms with Crippen LogP contribution in [0.5, 0.6) is 0 Å². The van der Waals surface area contributed by atoms with E-state index in [1.54, 1.807) is 6.92 Å². The summed E-state index contributed by atoms with van der Waals surface area (Å²) in [4.78, 5) is 202. The minimum Gasteiger partial charge on any atom is -0.481 e. The Bertz CT molecular complexity index is 2990. The molecule has 0 bridgehead atoms. The summed E-state index contributed by atoms with van der Waals surface area (Å²) >= 11 is 0. The van der Waals surface area contributed by atoms with E-state index in [1.165, 1.54) is 41.5 Å². The molecule has 0 heterocycles. The molecule has 30 nitrogen and oxygen atoms in total. The second-order valence-electron chi connectivity index (χ2n) is 29.9. The van der Waals surface area contributed by atoms with Crippen LogP contribution >= 0.6 is 0 Å². The molecule has 30 heteroatoms. The molecule has 0 saturated heterocycles. The standard InChI is InChI=1S/C72H106O30/c1-8-69(4,64(89)99-35-30-94-59(84)49-25-15-10-20-44(49)54(75)76)40-71(6,66(91)101-37-32-96-61(86)51-27-17-12-22-46(51)56(79)80)42-72(7,67(92)102-38-33-97-62(87)52-28-18-13-23-47(52)57(81)82)41-70(5,65(90)100-36-31-95-60(85)50-26-16-11-21-45(50)55(77)78)39-68(2,3)63(88)98-34-29-93-58(83)48-24-14-9-19-43(48)53(73)74/h43-52H,8-42H2,1-7H3,(H,73,74)(H,75,76)(H,77,78)(H,79,80)(H,81,82). The molecule has 102 heavy (non-hydrogen) atoms. The minimum atomic E-state index is -2.22. The molecule has 0 radical (unpaired) electrons. The van der Waals surface area contributed by atoms with Crippen molar-refractivity contribution in [2.45, 2.75) is 209 Å². The van der Waals surface area contributed by atoms with Gasteiger partial charge in [0.2, 0.25) is 0 Å². The maximum Gasteiger partial charge on any atom is 0.311 e. The van der Waals surface area contributed by atoms with Gasteiger partial charge in [-0.2, -0.15) is 0 Å². The molecule has 0 spiro atoms. The topological polar surface area (TPSA) is 450 Å². The summed E-state index contributed by atoms with van der Waals surface area (Å²) in [6.45, 7) is 3.86. The van der Waals surface area contributed by atoms with Crippen molar-refractivity contribution in [3.05, 3.63) is 0 Å². The normalized spacial score (nSPS) is 25.3. The van der Waals surface area contributed by atoms with Crippen molar-refractivity contribution in [3.8, 4) is 0 Å². The van der Waals surface area contributed by atoms with E-state index in [2.05, 4.69) is 0 Å². The average Bonchev–Trinajstić information content (AvgIpc) is 0.760. The Hall–Kier alpha value is -7.95. The zero-order valence-corrected chi connectivity index (χ0v) is 60.0. The molecule has 0 aromatic rings. The maximum atomic E-state index is 15.5. The molecule has 5 fully saturated rings. The van der Waals surface area contributed by atoms with Crippen molar-refractivity contribution in [1.82, 2.24) is 0 Å². The van der Waals surface area contributed by atoms with E-state index in [1.807, 2.05) is 0 Å². The van der Waals surface area contributed by atoms with E-state index in [0.717, 1.165) is 0 Å². The van der Waals surface area contributed by atoms with Gasteiger partial charge >= 0.3 is 89.5 Å². The molecule has 5 saturated carbocycles. The van der Waals surface area contributed by atoms with Crippen LogP contribution in [0.25, 0.3) is 0 Å². The lowest BCUT2D eigenvalue weighted by molar-refractivity contribution is -0.179. The first kappa shape index (κ1) is 84.7. The first-order chi connectivity index (χ1) is 48.0. The number of hydrogen-bond donors (Lipinski definition) is 5. The number of aliphatic carboxylic acids is 5. The molecule has 0 amide bonds. The molecular formula is C72H106O30. The van der Waals surface area contributed by atoms with Crippen LogP contribution in [0.1, 0.15) is 209 Å². The number of carboxylic acid groups (broad SMARTS) is 5. The average molecular weight is 1450 g/mol. The summed E-state index contributed by atoms with van der Waals surface area (Å²) in [6, 6.07) is 0. The monoisotopic (exact) mass is 1450 g/mol. The minimum absolute atomic E-state index is 0.0951. The molecule has 5 N–H and O–H groups in total. The van der Waals surface area contributed by atoms with Crippen LogP contribution in [0.4, 0.5) is 0 Å². The summed E-state index contributed by atoms with van der Waals surface area (Å²) in [5, 5.41) is 49.2. The lowest BCUT2D eigenvalue weighted by Gasteiger charge is -2.44. The summed E-state index contributed by atoms with van der Waals surface area (Å²) in [6.07, 6.45) is 5.39. The second-order valence-corrected chi connectivity index (χ2v) is 29.9. The highest BCUT2D eigenvalue weighted by Crippen LogP contribution is 2.52. The van der Waals surface area contributed by atoms with Crippen LogP contribution < -0.4 is 0 Å². The number of rotatable bonds is 39. The first-order valence-corrected chi connectivity index (χ1v) is 35.9. The summed E-state index contributed by atoms with van der Waals surface area (Å²) in [5.41, 5.74) is -9.94. The Kier molecular flexibility index (Phi) is 32.4. The fourth-order valence-corrected chi connectivity index (χ4v) is 15.9. The van der Waals surface area contributed by atoms with E-state index < -0.39 is 268 Å². The summed E-state index contributed by atoms with van der Waals surface area (Å²) < 4.78 is 56.1. The Morgan fingerprint density at radius 1 is 0.245 bits per heavy atom. The van der Waals surface area contributed by atoms with Gasteiger partial charge in [-0.05, 0) is 138 Å². The molecule has 5 aliphatic rings. The molecule has 5 rings (SSSR count). The van der Waals surface area contributed by atoms with Gasteiger partial charge in [0.25, 0.3) is 0 Å². The largest absolute Gasteiger partial charge is 0.481 e. The third kappa shape index (κ3) is 23.8. The highest BCUT2D eigenvalue weighted by atomic mass is 16.6. The van der Waals surface area contributed by atoms with Gasteiger partial charge in [0.1, 0.15) is 66.1 Å². The van der Waals surface area contributed by atoms with Crippen LogP contribution in [-0.2, 0) is 119 Å². The van der Waals surface area contributed by atoms with E-state index in [9.17, 15) is 83.1 Å². The molecule has 0 aromatic carbocycles. The van der Waals surface area contributed by atoms with Crippen molar-refractivity contribution in [2.24, 2.45) is 86.3 Å². The quantitative estimate of drug-likeness (QED) is 0.0222. The molecule has 0 aromatic heterocycles. The third-order valence-electron chi connectivity index (χ3n) is 21.2. The Morgan fingerprint density at radius 3 is 0.618 bits per heavy atom. The molecule has 5 aliphatic carbocycles. The summed E-state index contributed by atoms with van der Waals surface area (Å²) in [5.74, 6) is -25.4. The number of carbonyl (C=O) groups is 15. The fourth-order valence-electron chi connectivity index (χ4n) is 15.9. The van der Waals surface area contributed by atoms with E-state index >= 15 is 14.4 Å². The van der Waals surface area contributed by atoms with Crippen LogP contribution in [0.3, 0.4) is 0 Å². The SMILES string of the molecule is CCC(C)(CC(C)(CC(C)(CC(C)(CC(C)(C)C(=O)OCCOC(=O)C1CCCCC1C(=O)O)C(=O)OCCOC(=O)C1CCCCC1C(=O)O)C(=O)OCCOC(=O)C1CCCCC1C(=O)O)C(=O)OCCOC(=O)C1CCCCC1C(=O)O)C(=O)OCCOC(=O)C1CCCCC1C(=O)O. The van der Waals surface area contributed by atoms with Crippen LogP contribution in [0.2, 0.25) is 0 Å². The number of ether oxygens (including phenoxy) is 10. The fraction of sp³-hybridized carbons (Fsp3) is 0.792. The first-order valence-electron chi connectivity index (χ1n) is 35.9. The smallest absolute Gasteiger partial charge is 0.311 e. The number of esters is 10. The molecule has 14 atom stereocenters. The maximum absolute atomic E-state index is 15.5. The number of hydrogen-bond acceptors (Lipinski definition) is 25. The zero-order valence-electron chi connectivity index (χ0n) is 60.0. The van der Waals surface area contributed by atoms with Crippen molar-refractivity contribution in [3.63, 3.8) is 0 Å². The Balaban J connectivity index is 1.53. The van der Waals surface area contributed by atoms with Crippen molar-refractivity contribution >= 4 is 89.5 Å². The molecule has 14 unspecified atom stereocenters. The molecule has 574 valence electrons. The van der Waals surface area contributed by atoms with E-state index in [4.69, 9.17) is 47.4 Å². The van der Waals surface area contributed by atoms with Gasteiger partial charge in [-0.15, -0.1) is 0 Å². The van der Waals surface area contributed by atoms with E-state index in [0.29, 0.717) is 64.2 Å². The lowest BCUT2D eigenvalue weighted by atomic mass is 9.59. The van der Waals surface area contributed by atoms with E-state index in [-0.39, 0.29) is 70.6 Å². The van der Waals surface area contributed by atoms with Crippen molar-refractivity contribution in [2.75, 3.05) is 66.1 Å². The van der Waals surface area contributed by atoms with Crippen LogP contribution in [-0.4, -0.2) is 181 Å². The van der Waals surface area contributed by atoms with Crippen molar-refractivity contribution < 1.29 is 145 Å². The van der Waals surface area contributed by atoms with Gasteiger partial charge in [0.05, 0.1) is 86.3 Å². The second kappa shape index (κ2) is 39.1. The highest BCUT2D eigenvalue weighted by molar-refractivity contribution is 5.87. The van der Waals surface area contributed by atoms with Gasteiger partial charge < -0.3 is 72.9 Å². The predicted octanol–water partition coefficient (Wildman–Crippen LogP) is 7.90. The van der Waals surface area contributed by atoms with Gasteiger partial charge in [-0.1, -0.05) is 71.1 Å².